The summed E-state index contributed by atoms with van der Waals surface area (Å²) in [4.78, 5) is 3.94. The van der Waals surface area contributed by atoms with E-state index < -0.39 is 0 Å². The van der Waals surface area contributed by atoms with Gasteiger partial charge in [0.25, 0.3) is 0 Å². The van der Waals surface area contributed by atoms with Gasteiger partial charge in [-0.05, 0) is 18.6 Å². The minimum Gasteiger partial charge on any atom is -0.455 e. The number of nitrogens with two attached hydrogens (primary N) is 1. The van der Waals surface area contributed by atoms with Crippen LogP contribution in [0, 0.1) is 6.92 Å². The van der Waals surface area contributed by atoms with Crippen molar-refractivity contribution in [3.63, 3.8) is 0 Å². The normalized spacial score (nSPS) is 11.4. The fraction of sp³-hybridized carbons (Fsp3) is 0.0769. The van der Waals surface area contributed by atoms with E-state index in [1.807, 2.05) is 13.0 Å². The number of pyridine rings is 1. The summed E-state index contributed by atoms with van der Waals surface area (Å²) in [7, 11) is 0. The zero-order chi connectivity index (χ0) is 13.8. The monoisotopic (exact) mass is 277 g/mol. The zero-order valence-corrected chi connectivity index (χ0v) is 10.9. The first-order chi connectivity index (χ1) is 9.11. The summed E-state index contributed by atoms with van der Waals surface area (Å²) < 4.78 is 5.73. The van der Waals surface area contributed by atoms with Gasteiger partial charge in [0.15, 0.2) is 5.84 Å². The molecular weight excluding hydrogens is 266 g/mol. The molecule has 0 spiro atoms. The van der Waals surface area contributed by atoms with Gasteiger partial charge in [-0.2, -0.15) is 0 Å². The summed E-state index contributed by atoms with van der Waals surface area (Å²) in [6, 6.07) is 7.00. The van der Waals surface area contributed by atoms with Crippen LogP contribution < -0.4 is 10.5 Å². The average molecular weight is 278 g/mol. The lowest BCUT2D eigenvalue weighted by molar-refractivity contribution is 0.318. The van der Waals surface area contributed by atoms with Crippen LogP contribution >= 0.6 is 11.6 Å². The number of halogens is 1. The first-order valence-corrected chi connectivity index (χ1v) is 5.85. The number of rotatable bonds is 3. The van der Waals surface area contributed by atoms with Gasteiger partial charge in [0.1, 0.15) is 11.5 Å². The standard InChI is InChI=1S/C13H12ClN3O2/c1-8-3-2-4-11(13(15)17-18)12(8)19-10-5-9(14)6-16-7-10/h2-7,18H,1H3,(H2,15,17). The molecule has 0 atom stereocenters. The number of benzene rings is 1. The highest BCUT2D eigenvalue weighted by molar-refractivity contribution is 6.30. The second-order valence-electron chi connectivity index (χ2n) is 3.88. The number of nitrogens with zero attached hydrogens (tertiary/aromatic N) is 2. The van der Waals surface area contributed by atoms with Crippen LogP contribution in [0.15, 0.2) is 41.8 Å². The Kier molecular flexibility index (Phi) is 3.87. The number of para-hydroxylation sites is 1. The van der Waals surface area contributed by atoms with E-state index in [0.29, 0.717) is 22.1 Å². The van der Waals surface area contributed by atoms with E-state index in [9.17, 15) is 0 Å². The molecule has 98 valence electrons. The minimum atomic E-state index is -0.0197. The number of amidine groups is 1. The Balaban J connectivity index is 2.44. The molecule has 19 heavy (non-hydrogen) atoms. The van der Waals surface area contributed by atoms with Gasteiger partial charge >= 0.3 is 0 Å². The Morgan fingerprint density at radius 1 is 1.42 bits per heavy atom. The summed E-state index contributed by atoms with van der Waals surface area (Å²) in [6.07, 6.45) is 3.05. The van der Waals surface area contributed by atoms with Gasteiger partial charge in [-0.25, -0.2) is 0 Å². The highest BCUT2D eigenvalue weighted by atomic mass is 35.5. The van der Waals surface area contributed by atoms with Crippen LogP contribution in [0.5, 0.6) is 11.5 Å². The van der Waals surface area contributed by atoms with E-state index in [1.54, 1.807) is 18.2 Å². The second kappa shape index (κ2) is 5.58. The van der Waals surface area contributed by atoms with Crippen molar-refractivity contribution in [2.24, 2.45) is 10.9 Å². The van der Waals surface area contributed by atoms with Crippen molar-refractivity contribution in [3.05, 3.63) is 52.8 Å². The van der Waals surface area contributed by atoms with Crippen LogP contribution in [0.2, 0.25) is 5.02 Å². The molecule has 0 bridgehead atoms. The molecule has 0 radical (unpaired) electrons. The Hall–Kier alpha value is -2.27. The predicted octanol–water partition coefficient (Wildman–Crippen LogP) is 2.93. The van der Waals surface area contributed by atoms with E-state index in [2.05, 4.69) is 10.1 Å². The summed E-state index contributed by atoms with van der Waals surface area (Å²) in [5.41, 5.74) is 6.98. The maximum Gasteiger partial charge on any atom is 0.173 e. The summed E-state index contributed by atoms with van der Waals surface area (Å²) in [5, 5.41) is 12.2. The number of aromatic nitrogens is 1. The van der Waals surface area contributed by atoms with Gasteiger partial charge in [-0.1, -0.05) is 28.9 Å². The van der Waals surface area contributed by atoms with Crippen LogP contribution in [0.1, 0.15) is 11.1 Å². The lowest BCUT2D eigenvalue weighted by Crippen LogP contribution is -2.14. The van der Waals surface area contributed by atoms with Crippen molar-refractivity contribution in [2.75, 3.05) is 0 Å². The maximum atomic E-state index is 8.79. The lowest BCUT2D eigenvalue weighted by Gasteiger charge is -2.12. The molecule has 5 nitrogen and oxygen atoms in total. The third-order valence-corrected chi connectivity index (χ3v) is 2.70. The topological polar surface area (TPSA) is 80.7 Å². The quantitative estimate of drug-likeness (QED) is 0.391. The number of hydrogen-bond acceptors (Lipinski definition) is 4. The Morgan fingerprint density at radius 2 is 2.21 bits per heavy atom. The predicted molar refractivity (Wildman–Crippen MR) is 73.0 cm³/mol. The van der Waals surface area contributed by atoms with Crippen molar-refractivity contribution < 1.29 is 9.94 Å². The number of aryl methyl sites for hydroxylation is 1. The first-order valence-electron chi connectivity index (χ1n) is 5.47. The fourth-order valence-electron chi connectivity index (χ4n) is 1.61. The molecule has 1 aromatic heterocycles. The molecule has 0 amide bonds. The molecule has 0 fully saturated rings. The number of hydrogen-bond donors (Lipinski definition) is 2. The van der Waals surface area contributed by atoms with E-state index in [1.165, 1.54) is 12.4 Å². The Labute approximate surface area is 115 Å². The Bertz CT molecular complexity index is 629. The maximum absolute atomic E-state index is 8.79. The second-order valence-corrected chi connectivity index (χ2v) is 4.31. The van der Waals surface area contributed by atoms with Crippen LogP contribution in [0.3, 0.4) is 0 Å². The van der Waals surface area contributed by atoms with E-state index in [0.717, 1.165) is 5.56 Å². The van der Waals surface area contributed by atoms with E-state index >= 15 is 0 Å². The lowest BCUT2D eigenvalue weighted by atomic mass is 10.1. The van der Waals surface area contributed by atoms with Crippen molar-refractivity contribution in [1.82, 2.24) is 4.98 Å². The molecule has 6 heteroatoms. The molecule has 1 aromatic carbocycles. The van der Waals surface area contributed by atoms with Crippen LogP contribution in [0.25, 0.3) is 0 Å². The van der Waals surface area contributed by atoms with Gasteiger partial charge in [-0.15, -0.1) is 0 Å². The van der Waals surface area contributed by atoms with Gasteiger partial charge in [0, 0.05) is 12.3 Å². The van der Waals surface area contributed by atoms with Crippen molar-refractivity contribution in [3.8, 4) is 11.5 Å². The van der Waals surface area contributed by atoms with Crippen LogP contribution in [0.4, 0.5) is 0 Å². The summed E-state index contributed by atoms with van der Waals surface area (Å²) in [6.45, 7) is 1.86. The van der Waals surface area contributed by atoms with E-state index in [-0.39, 0.29) is 5.84 Å². The van der Waals surface area contributed by atoms with Gasteiger partial charge < -0.3 is 15.7 Å². The molecule has 3 N–H and O–H groups in total. The highest BCUT2D eigenvalue weighted by Crippen LogP contribution is 2.29. The molecule has 1 heterocycles. The average Bonchev–Trinajstić information content (AvgIpc) is 2.40. The number of oxime groups is 1. The van der Waals surface area contributed by atoms with Crippen molar-refractivity contribution in [2.45, 2.75) is 6.92 Å². The molecule has 0 aliphatic heterocycles. The molecule has 2 aromatic rings. The molecule has 0 saturated heterocycles. The number of ether oxygens (including phenoxy) is 1. The van der Waals surface area contributed by atoms with Gasteiger partial charge in [-0.3, -0.25) is 4.98 Å². The Morgan fingerprint density at radius 3 is 2.89 bits per heavy atom. The minimum absolute atomic E-state index is 0.0197. The molecule has 0 unspecified atom stereocenters. The van der Waals surface area contributed by atoms with Crippen LogP contribution in [-0.2, 0) is 0 Å². The smallest absolute Gasteiger partial charge is 0.173 e. The molecule has 0 aliphatic rings. The molecule has 0 saturated carbocycles. The molecular formula is C13H12ClN3O2. The van der Waals surface area contributed by atoms with Crippen LogP contribution in [-0.4, -0.2) is 16.0 Å². The summed E-state index contributed by atoms with van der Waals surface area (Å²) >= 11 is 5.85. The zero-order valence-electron chi connectivity index (χ0n) is 10.2. The summed E-state index contributed by atoms with van der Waals surface area (Å²) in [5.74, 6) is 0.962. The third-order valence-electron chi connectivity index (χ3n) is 2.50. The van der Waals surface area contributed by atoms with E-state index in [4.69, 9.17) is 27.3 Å². The van der Waals surface area contributed by atoms with Crippen molar-refractivity contribution in [1.29, 1.82) is 0 Å². The highest BCUT2D eigenvalue weighted by Gasteiger charge is 2.12. The third kappa shape index (κ3) is 2.95. The van der Waals surface area contributed by atoms with Crippen molar-refractivity contribution >= 4 is 17.4 Å². The van der Waals surface area contributed by atoms with Gasteiger partial charge in [0.2, 0.25) is 0 Å². The fourth-order valence-corrected chi connectivity index (χ4v) is 1.77. The molecule has 2 rings (SSSR count). The first kappa shape index (κ1) is 13.2. The van der Waals surface area contributed by atoms with Gasteiger partial charge in [0.05, 0.1) is 16.8 Å². The largest absolute Gasteiger partial charge is 0.455 e. The SMILES string of the molecule is Cc1cccc(/C(N)=N/O)c1Oc1cncc(Cl)c1. The molecule has 0 aliphatic carbocycles.